The fourth-order valence-electron chi connectivity index (χ4n) is 4.53. The first-order valence-corrected chi connectivity index (χ1v) is 10.7. The predicted molar refractivity (Wildman–Crippen MR) is 109 cm³/mol. The monoisotopic (exact) mass is 376 g/mol. The number of anilines is 1. The van der Waals surface area contributed by atoms with Gasteiger partial charge in [-0.3, -0.25) is 4.79 Å². The summed E-state index contributed by atoms with van der Waals surface area (Å²) in [6.07, 6.45) is 8.17. The van der Waals surface area contributed by atoms with E-state index in [4.69, 9.17) is 4.98 Å². The van der Waals surface area contributed by atoms with Crippen LogP contribution >= 0.6 is 0 Å². The Balaban J connectivity index is 1.14. The Hall–Kier alpha value is -2.43. The maximum absolute atomic E-state index is 12.8. The zero-order valence-electron chi connectivity index (χ0n) is 16.4. The maximum atomic E-state index is 12.8. The molecule has 5 nitrogen and oxygen atoms in total. The van der Waals surface area contributed by atoms with Crippen LogP contribution in [0.25, 0.3) is 0 Å². The molecule has 3 aliphatic rings. The Morgan fingerprint density at radius 3 is 2.57 bits per heavy atom. The molecule has 146 valence electrons. The minimum Gasteiger partial charge on any atom is -0.356 e. The maximum Gasteiger partial charge on any atom is 0.223 e. The van der Waals surface area contributed by atoms with E-state index in [2.05, 4.69) is 39.0 Å². The van der Waals surface area contributed by atoms with Crippen LogP contribution in [0.4, 0.5) is 5.82 Å². The van der Waals surface area contributed by atoms with Gasteiger partial charge < -0.3 is 9.80 Å². The first-order chi connectivity index (χ1) is 13.8. The molecular weight excluding hydrogens is 348 g/mol. The molecule has 0 N–H and O–H groups in total. The second-order valence-corrected chi connectivity index (χ2v) is 8.52. The van der Waals surface area contributed by atoms with Crippen molar-refractivity contribution in [3.63, 3.8) is 0 Å². The highest BCUT2D eigenvalue weighted by molar-refractivity contribution is 5.76. The van der Waals surface area contributed by atoms with Gasteiger partial charge >= 0.3 is 0 Å². The van der Waals surface area contributed by atoms with Crippen molar-refractivity contribution in [1.29, 1.82) is 0 Å². The van der Waals surface area contributed by atoms with Gasteiger partial charge in [-0.1, -0.05) is 24.3 Å². The van der Waals surface area contributed by atoms with Crippen molar-refractivity contribution < 1.29 is 4.79 Å². The average molecular weight is 377 g/mol. The topological polar surface area (TPSA) is 49.3 Å². The number of benzene rings is 1. The summed E-state index contributed by atoms with van der Waals surface area (Å²) >= 11 is 0. The van der Waals surface area contributed by atoms with Crippen molar-refractivity contribution in [2.24, 2.45) is 5.92 Å². The van der Waals surface area contributed by atoms with Crippen LogP contribution in [0.2, 0.25) is 0 Å². The third-order valence-corrected chi connectivity index (χ3v) is 6.49. The number of fused-ring (bicyclic) bond motifs is 1. The van der Waals surface area contributed by atoms with E-state index >= 15 is 0 Å². The van der Waals surface area contributed by atoms with Gasteiger partial charge in [-0.2, -0.15) is 0 Å². The summed E-state index contributed by atoms with van der Waals surface area (Å²) in [6, 6.07) is 10.5. The van der Waals surface area contributed by atoms with Gasteiger partial charge in [0.05, 0.1) is 0 Å². The SMILES string of the molecule is O=C(CC1CCN(c2ccnc(C3CC3)n2)CC1)N1CCc2ccccc2C1. The van der Waals surface area contributed by atoms with Crippen molar-refractivity contribution in [2.45, 2.75) is 51.0 Å². The molecule has 3 heterocycles. The molecule has 5 rings (SSSR count). The highest BCUT2D eigenvalue weighted by Gasteiger charge is 2.29. The molecule has 0 spiro atoms. The first-order valence-electron chi connectivity index (χ1n) is 10.7. The molecule has 28 heavy (non-hydrogen) atoms. The van der Waals surface area contributed by atoms with E-state index in [-0.39, 0.29) is 0 Å². The fourth-order valence-corrected chi connectivity index (χ4v) is 4.53. The number of hydrogen-bond donors (Lipinski definition) is 0. The number of nitrogens with zero attached hydrogens (tertiary/aromatic N) is 4. The molecule has 5 heteroatoms. The molecule has 0 bridgehead atoms. The number of carbonyl (C=O) groups is 1. The molecule has 1 aliphatic carbocycles. The second-order valence-electron chi connectivity index (χ2n) is 8.52. The standard InChI is InChI=1S/C23H28N4O/c28-22(27-14-10-18-3-1-2-4-20(18)16-27)15-17-8-12-26(13-9-17)21-7-11-24-23(25-21)19-5-6-19/h1-4,7,11,17,19H,5-6,8-10,12-16H2. The Bertz CT molecular complexity index is 855. The number of carbonyl (C=O) groups excluding carboxylic acids is 1. The van der Waals surface area contributed by atoms with Gasteiger partial charge in [0.1, 0.15) is 11.6 Å². The van der Waals surface area contributed by atoms with Gasteiger partial charge in [-0.15, -0.1) is 0 Å². The van der Waals surface area contributed by atoms with Gasteiger partial charge in [0, 0.05) is 44.7 Å². The number of rotatable bonds is 4. The van der Waals surface area contributed by atoms with E-state index in [1.165, 1.54) is 24.0 Å². The van der Waals surface area contributed by atoms with Crippen molar-refractivity contribution in [3.05, 3.63) is 53.5 Å². The predicted octanol–water partition coefficient (Wildman–Crippen LogP) is 3.55. The summed E-state index contributed by atoms with van der Waals surface area (Å²) in [6.45, 7) is 3.61. The number of hydrogen-bond acceptors (Lipinski definition) is 4. The highest BCUT2D eigenvalue weighted by Crippen LogP contribution is 2.38. The molecule has 2 fully saturated rings. The highest BCUT2D eigenvalue weighted by atomic mass is 16.2. The van der Waals surface area contributed by atoms with E-state index in [1.807, 2.05) is 12.3 Å². The quantitative estimate of drug-likeness (QED) is 0.819. The van der Waals surface area contributed by atoms with E-state index in [9.17, 15) is 4.79 Å². The number of aromatic nitrogens is 2. The third kappa shape index (κ3) is 3.75. The smallest absolute Gasteiger partial charge is 0.223 e. The summed E-state index contributed by atoms with van der Waals surface area (Å²) < 4.78 is 0. The summed E-state index contributed by atoms with van der Waals surface area (Å²) in [7, 11) is 0. The number of amides is 1. The molecular formula is C23H28N4O. The minimum absolute atomic E-state index is 0.325. The lowest BCUT2D eigenvalue weighted by Crippen LogP contribution is -2.39. The van der Waals surface area contributed by atoms with Gasteiger partial charge in [0.25, 0.3) is 0 Å². The molecule has 1 amide bonds. The Morgan fingerprint density at radius 1 is 1.00 bits per heavy atom. The van der Waals surface area contributed by atoms with Gasteiger partial charge in [0.15, 0.2) is 0 Å². The third-order valence-electron chi connectivity index (χ3n) is 6.49. The molecule has 2 aromatic rings. The van der Waals surface area contributed by atoms with Crippen LogP contribution in [0.1, 0.15) is 55.0 Å². The lowest BCUT2D eigenvalue weighted by atomic mass is 9.92. The molecule has 1 saturated heterocycles. The van der Waals surface area contributed by atoms with Crippen molar-refractivity contribution in [3.8, 4) is 0 Å². The molecule has 0 radical (unpaired) electrons. The van der Waals surface area contributed by atoms with Crippen LogP contribution in [0, 0.1) is 5.92 Å². The fraction of sp³-hybridized carbons (Fsp3) is 0.522. The van der Waals surface area contributed by atoms with Crippen molar-refractivity contribution >= 4 is 11.7 Å². The molecule has 1 aromatic carbocycles. The lowest BCUT2D eigenvalue weighted by Gasteiger charge is -2.34. The average Bonchev–Trinajstić information content (AvgIpc) is 3.59. The Labute approximate surface area is 166 Å². The number of piperidine rings is 1. The normalized spacial score (nSPS) is 20.1. The van der Waals surface area contributed by atoms with E-state index in [0.717, 1.165) is 57.1 Å². The first kappa shape index (κ1) is 17.7. The van der Waals surface area contributed by atoms with E-state index < -0.39 is 0 Å². The molecule has 1 saturated carbocycles. The van der Waals surface area contributed by atoms with Crippen molar-refractivity contribution in [2.75, 3.05) is 24.5 Å². The van der Waals surface area contributed by atoms with Gasteiger partial charge in [-0.25, -0.2) is 9.97 Å². The van der Waals surface area contributed by atoms with Crippen molar-refractivity contribution in [1.82, 2.24) is 14.9 Å². The van der Waals surface area contributed by atoms with Crippen LogP contribution in [0.3, 0.4) is 0 Å². The minimum atomic E-state index is 0.325. The molecule has 1 aromatic heterocycles. The summed E-state index contributed by atoms with van der Waals surface area (Å²) in [4.78, 5) is 26.5. The Kier molecular flexibility index (Phi) is 4.75. The Morgan fingerprint density at radius 2 is 1.79 bits per heavy atom. The molecule has 2 aliphatic heterocycles. The van der Waals surface area contributed by atoms with Crippen LogP contribution < -0.4 is 4.90 Å². The van der Waals surface area contributed by atoms with Crippen LogP contribution in [0.15, 0.2) is 36.5 Å². The lowest BCUT2D eigenvalue weighted by molar-refractivity contribution is -0.133. The van der Waals surface area contributed by atoms with Crippen LogP contribution in [-0.2, 0) is 17.8 Å². The zero-order valence-corrected chi connectivity index (χ0v) is 16.4. The van der Waals surface area contributed by atoms with E-state index in [0.29, 0.717) is 24.2 Å². The van der Waals surface area contributed by atoms with Gasteiger partial charge in [-0.05, 0) is 55.2 Å². The largest absolute Gasteiger partial charge is 0.356 e. The van der Waals surface area contributed by atoms with Crippen LogP contribution in [-0.4, -0.2) is 40.4 Å². The molecule has 0 atom stereocenters. The van der Waals surface area contributed by atoms with Crippen LogP contribution in [0.5, 0.6) is 0 Å². The second kappa shape index (κ2) is 7.53. The zero-order chi connectivity index (χ0) is 18.9. The molecule has 0 unspecified atom stereocenters. The van der Waals surface area contributed by atoms with Gasteiger partial charge in [0.2, 0.25) is 5.91 Å². The summed E-state index contributed by atoms with van der Waals surface area (Å²) in [5, 5.41) is 0. The summed E-state index contributed by atoms with van der Waals surface area (Å²) in [5.41, 5.74) is 2.71. The van der Waals surface area contributed by atoms with E-state index in [1.54, 1.807) is 0 Å². The summed E-state index contributed by atoms with van der Waals surface area (Å²) in [5.74, 6) is 3.48.